The third kappa shape index (κ3) is 3.53. The molecule has 5 heteroatoms. The fourth-order valence-electron chi connectivity index (χ4n) is 2.42. The van der Waals surface area contributed by atoms with Gasteiger partial charge in [-0.2, -0.15) is 0 Å². The first-order valence-electron chi connectivity index (χ1n) is 6.72. The molecule has 2 heterocycles. The lowest BCUT2D eigenvalue weighted by molar-refractivity contribution is 0.0829. The zero-order valence-electron chi connectivity index (χ0n) is 11.6. The quantitative estimate of drug-likeness (QED) is 0.804. The van der Waals surface area contributed by atoms with Crippen LogP contribution in [-0.2, 0) is 11.3 Å². The van der Waals surface area contributed by atoms with E-state index in [1.54, 1.807) is 7.11 Å². The van der Waals surface area contributed by atoms with Gasteiger partial charge in [-0.3, -0.25) is 4.90 Å². The van der Waals surface area contributed by atoms with E-state index in [1.807, 2.05) is 0 Å². The van der Waals surface area contributed by atoms with Crippen LogP contribution in [-0.4, -0.2) is 41.9 Å². The molecule has 18 heavy (non-hydrogen) atoms. The number of rotatable bonds is 5. The van der Waals surface area contributed by atoms with Gasteiger partial charge in [-0.05, 0) is 25.3 Å². The van der Waals surface area contributed by atoms with Crippen LogP contribution in [0.1, 0.15) is 44.4 Å². The summed E-state index contributed by atoms with van der Waals surface area (Å²) in [6.07, 6.45) is 2.48. The Kier molecular flexibility index (Phi) is 4.72. The van der Waals surface area contributed by atoms with E-state index in [2.05, 4.69) is 28.9 Å². The van der Waals surface area contributed by atoms with E-state index in [0.29, 0.717) is 11.8 Å². The molecule has 1 aromatic heterocycles. The molecule has 0 unspecified atom stereocenters. The van der Waals surface area contributed by atoms with Crippen LogP contribution in [0.4, 0.5) is 0 Å². The molecule has 0 saturated carbocycles. The maximum atomic E-state index is 5.65. The molecule has 1 atom stereocenters. The molecule has 5 nitrogen and oxygen atoms in total. The van der Waals surface area contributed by atoms with Crippen molar-refractivity contribution in [3.63, 3.8) is 0 Å². The molecule has 0 bridgehead atoms. The summed E-state index contributed by atoms with van der Waals surface area (Å²) in [6.45, 7) is 7.91. The highest BCUT2D eigenvalue weighted by Crippen LogP contribution is 2.19. The normalized spacial score (nSPS) is 21.7. The fourth-order valence-corrected chi connectivity index (χ4v) is 2.42. The number of likely N-dealkylation sites (tertiary alicyclic amines) is 1. The Morgan fingerprint density at radius 1 is 1.44 bits per heavy atom. The van der Waals surface area contributed by atoms with Crippen molar-refractivity contribution >= 4 is 0 Å². The van der Waals surface area contributed by atoms with Gasteiger partial charge in [0.2, 0.25) is 11.8 Å². The highest BCUT2D eigenvalue weighted by molar-refractivity contribution is 4.88. The maximum Gasteiger partial charge on any atom is 0.230 e. The van der Waals surface area contributed by atoms with Crippen molar-refractivity contribution < 1.29 is 9.15 Å². The van der Waals surface area contributed by atoms with Crippen molar-refractivity contribution in [3.05, 3.63) is 11.8 Å². The van der Waals surface area contributed by atoms with Gasteiger partial charge < -0.3 is 9.15 Å². The highest BCUT2D eigenvalue weighted by Gasteiger charge is 2.21. The second kappa shape index (κ2) is 6.29. The number of piperidine rings is 1. The minimum Gasteiger partial charge on any atom is -0.424 e. The van der Waals surface area contributed by atoms with Crippen LogP contribution in [0.5, 0.6) is 0 Å². The van der Waals surface area contributed by atoms with Crippen LogP contribution in [0.25, 0.3) is 0 Å². The van der Waals surface area contributed by atoms with Gasteiger partial charge in [-0.25, -0.2) is 0 Å². The van der Waals surface area contributed by atoms with Gasteiger partial charge >= 0.3 is 0 Å². The van der Waals surface area contributed by atoms with E-state index >= 15 is 0 Å². The second-order valence-corrected chi connectivity index (χ2v) is 5.39. The monoisotopic (exact) mass is 253 g/mol. The second-order valence-electron chi connectivity index (χ2n) is 5.39. The molecule has 1 aliphatic heterocycles. The molecule has 1 aromatic rings. The van der Waals surface area contributed by atoms with Gasteiger partial charge in [0.05, 0.1) is 13.2 Å². The number of hydrogen-bond acceptors (Lipinski definition) is 5. The third-order valence-electron chi connectivity index (χ3n) is 3.34. The first kappa shape index (κ1) is 13.5. The maximum absolute atomic E-state index is 5.65. The smallest absolute Gasteiger partial charge is 0.230 e. The van der Waals surface area contributed by atoms with Crippen LogP contribution in [0.2, 0.25) is 0 Å². The number of ether oxygens (including phenoxy) is 1. The van der Waals surface area contributed by atoms with Gasteiger partial charge in [-0.1, -0.05) is 13.8 Å². The Labute approximate surface area is 109 Å². The van der Waals surface area contributed by atoms with E-state index < -0.39 is 0 Å². The van der Waals surface area contributed by atoms with Gasteiger partial charge in [-0.15, -0.1) is 10.2 Å². The number of hydrogen-bond donors (Lipinski definition) is 0. The van der Waals surface area contributed by atoms with Crippen molar-refractivity contribution in [1.29, 1.82) is 0 Å². The van der Waals surface area contributed by atoms with Crippen LogP contribution < -0.4 is 0 Å². The summed E-state index contributed by atoms with van der Waals surface area (Å²) in [5.74, 6) is 2.40. The first-order chi connectivity index (χ1) is 8.69. The third-order valence-corrected chi connectivity index (χ3v) is 3.34. The summed E-state index contributed by atoms with van der Waals surface area (Å²) in [5.41, 5.74) is 0. The Hall–Kier alpha value is -0.940. The Morgan fingerprint density at radius 2 is 2.28 bits per heavy atom. The van der Waals surface area contributed by atoms with Gasteiger partial charge in [0.15, 0.2) is 0 Å². The molecule has 0 aromatic carbocycles. The average Bonchev–Trinajstić information content (AvgIpc) is 2.78. The summed E-state index contributed by atoms with van der Waals surface area (Å²) < 4.78 is 10.9. The minimum absolute atomic E-state index is 0.300. The largest absolute Gasteiger partial charge is 0.424 e. The van der Waals surface area contributed by atoms with Crippen molar-refractivity contribution in [2.24, 2.45) is 5.92 Å². The SMILES string of the molecule is COC[C@@H]1CCCN(Cc2nnc(C(C)C)o2)C1. The molecule has 2 rings (SSSR count). The number of aromatic nitrogens is 2. The Morgan fingerprint density at radius 3 is 2.94 bits per heavy atom. The average molecular weight is 253 g/mol. The molecule has 1 fully saturated rings. The molecule has 1 aliphatic rings. The van der Waals surface area contributed by atoms with Crippen LogP contribution >= 0.6 is 0 Å². The van der Waals surface area contributed by atoms with Crippen molar-refractivity contribution in [3.8, 4) is 0 Å². The van der Waals surface area contributed by atoms with Gasteiger partial charge in [0.25, 0.3) is 0 Å². The lowest BCUT2D eigenvalue weighted by atomic mass is 9.99. The first-order valence-corrected chi connectivity index (χ1v) is 6.72. The molecule has 0 amide bonds. The van der Waals surface area contributed by atoms with E-state index in [0.717, 1.165) is 38.0 Å². The van der Waals surface area contributed by atoms with E-state index in [9.17, 15) is 0 Å². The van der Waals surface area contributed by atoms with Gasteiger partial charge in [0.1, 0.15) is 0 Å². The molecule has 0 spiro atoms. The molecular weight excluding hydrogens is 230 g/mol. The zero-order chi connectivity index (χ0) is 13.0. The van der Waals surface area contributed by atoms with Gasteiger partial charge in [0, 0.05) is 19.6 Å². The van der Waals surface area contributed by atoms with E-state index in [-0.39, 0.29) is 0 Å². The summed E-state index contributed by atoms with van der Waals surface area (Å²) in [6, 6.07) is 0. The van der Waals surface area contributed by atoms with Crippen molar-refractivity contribution in [2.45, 2.75) is 39.2 Å². The lowest BCUT2D eigenvalue weighted by Gasteiger charge is -2.31. The summed E-state index contributed by atoms with van der Waals surface area (Å²) in [4.78, 5) is 2.38. The Balaban J connectivity index is 1.87. The molecule has 0 radical (unpaired) electrons. The highest BCUT2D eigenvalue weighted by atomic mass is 16.5. The van der Waals surface area contributed by atoms with Crippen LogP contribution in [0, 0.1) is 5.92 Å². The summed E-state index contributed by atoms with van der Waals surface area (Å²) in [7, 11) is 1.77. The summed E-state index contributed by atoms with van der Waals surface area (Å²) >= 11 is 0. The minimum atomic E-state index is 0.300. The molecule has 1 saturated heterocycles. The number of nitrogens with zero attached hydrogens (tertiary/aromatic N) is 3. The van der Waals surface area contributed by atoms with E-state index in [4.69, 9.17) is 9.15 Å². The van der Waals surface area contributed by atoms with Crippen molar-refractivity contribution in [2.75, 3.05) is 26.8 Å². The predicted molar refractivity (Wildman–Crippen MR) is 68.3 cm³/mol. The molecule has 0 aliphatic carbocycles. The van der Waals surface area contributed by atoms with Crippen molar-refractivity contribution in [1.82, 2.24) is 15.1 Å². The topological polar surface area (TPSA) is 51.4 Å². The van der Waals surface area contributed by atoms with Crippen LogP contribution in [0.15, 0.2) is 4.42 Å². The van der Waals surface area contributed by atoms with Crippen LogP contribution in [0.3, 0.4) is 0 Å². The molecule has 102 valence electrons. The Bertz CT molecular complexity index is 363. The van der Waals surface area contributed by atoms with E-state index in [1.165, 1.54) is 12.8 Å². The zero-order valence-corrected chi connectivity index (χ0v) is 11.6. The molecule has 0 N–H and O–H groups in total. The molecular formula is C13H23N3O2. The fraction of sp³-hybridized carbons (Fsp3) is 0.846. The standard InChI is InChI=1S/C13H23N3O2/c1-10(2)13-15-14-12(18-13)8-16-6-4-5-11(7-16)9-17-3/h10-11H,4-9H2,1-3H3/t11-/m1/s1. The predicted octanol–water partition coefficient (Wildman–Crippen LogP) is 2.05. The summed E-state index contributed by atoms with van der Waals surface area (Å²) in [5, 5.41) is 8.18. The lowest BCUT2D eigenvalue weighted by Crippen LogP contribution is -2.36. The number of methoxy groups -OCH3 is 1.